The number of aliphatic hydroxyl groups is 1. The Morgan fingerprint density at radius 2 is 1.82 bits per heavy atom. The molecule has 0 aliphatic carbocycles. The third kappa shape index (κ3) is 2.63. The van der Waals surface area contributed by atoms with E-state index in [9.17, 15) is 5.11 Å². The molecular weight excluding hydrogens is 298 g/mol. The molecule has 0 radical (unpaired) electrons. The second kappa shape index (κ2) is 5.91. The minimum absolute atomic E-state index is 0.164. The molecule has 2 aromatic carbocycles. The molecule has 0 aliphatic rings. The maximum atomic E-state index is 9.58. The van der Waals surface area contributed by atoms with Crippen LogP contribution < -0.4 is 0 Å². The van der Waals surface area contributed by atoms with E-state index in [0.717, 1.165) is 22.5 Å². The van der Waals surface area contributed by atoms with Gasteiger partial charge in [-0.2, -0.15) is 0 Å². The molecule has 3 aromatic rings. The molecule has 0 saturated carbocycles. The second-order valence-corrected chi connectivity index (χ2v) is 5.69. The standard InChI is InChI=1S/C17H16ClN3O/c1-11-3-6-13(7-4-11)17-15(10-22)19-20-21(17)16-9-14(18)8-5-12(16)2/h3-9,22H,10H2,1-2H3. The summed E-state index contributed by atoms with van der Waals surface area (Å²) in [6.07, 6.45) is 0. The molecule has 112 valence electrons. The highest BCUT2D eigenvalue weighted by atomic mass is 35.5. The number of benzene rings is 2. The minimum atomic E-state index is -0.164. The summed E-state index contributed by atoms with van der Waals surface area (Å²) in [4.78, 5) is 0. The van der Waals surface area contributed by atoms with Crippen LogP contribution in [-0.2, 0) is 6.61 Å². The molecule has 0 unspecified atom stereocenters. The highest BCUT2D eigenvalue weighted by Crippen LogP contribution is 2.28. The van der Waals surface area contributed by atoms with Crippen LogP contribution in [0.15, 0.2) is 42.5 Å². The summed E-state index contributed by atoms with van der Waals surface area (Å²) in [5.41, 5.74) is 5.35. The zero-order chi connectivity index (χ0) is 15.7. The first-order valence-corrected chi connectivity index (χ1v) is 7.37. The average Bonchev–Trinajstić information content (AvgIpc) is 2.94. The normalized spacial score (nSPS) is 10.9. The highest BCUT2D eigenvalue weighted by Gasteiger charge is 2.17. The number of aromatic nitrogens is 3. The van der Waals surface area contributed by atoms with Gasteiger partial charge in [0.25, 0.3) is 0 Å². The molecule has 3 rings (SSSR count). The van der Waals surface area contributed by atoms with E-state index in [1.807, 2.05) is 56.3 Å². The molecule has 0 aliphatic heterocycles. The van der Waals surface area contributed by atoms with Crippen LogP contribution in [0.1, 0.15) is 16.8 Å². The predicted molar refractivity (Wildman–Crippen MR) is 87.2 cm³/mol. The Hall–Kier alpha value is -2.17. The number of hydrogen-bond acceptors (Lipinski definition) is 3. The van der Waals surface area contributed by atoms with Gasteiger partial charge >= 0.3 is 0 Å². The molecule has 4 nitrogen and oxygen atoms in total. The van der Waals surface area contributed by atoms with E-state index in [1.54, 1.807) is 4.68 Å². The van der Waals surface area contributed by atoms with E-state index >= 15 is 0 Å². The van der Waals surface area contributed by atoms with Gasteiger partial charge in [0.15, 0.2) is 0 Å². The quantitative estimate of drug-likeness (QED) is 0.802. The SMILES string of the molecule is Cc1ccc(-c2c(CO)nnn2-c2cc(Cl)ccc2C)cc1. The lowest BCUT2D eigenvalue weighted by molar-refractivity contribution is 0.277. The van der Waals surface area contributed by atoms with Gasteiger partial charge in [-0.25, -0.2) is 4.68 Å². The first-order valence-electron chi connectivity index (χ1n) is 6.99. The number of rotatable bonds is 3. The lowest BCUT2D eigenvalue weighted by Gasteiger charge is -2.11. The molecule has 0 atom stereocenters. The van der Waals surface area contributed by atoms with E-state index in [-0.39, 0.29) is 6.61 Å². The summed E-state index contributed by atoms with van der Waals surface area (Å²) in [7, 11) is 0. The van der Waals surface area contributed by atoms with Crippen molar-refractivity contribution in [2.75, 3.05) is 0 Å². The van der Waals surface area contributed by atoms with Crippen LogP contribution in [-0.4, -0.2) is 20.1 Å². The zero-order valence-electron chi connectivity index (χ0n) is 12.4. The molecule has 1 heterocycles. The van der Waals surface area contributed by atoms with Gasteiger partial charge in [0.2, 0.25) is 0 Å². The summed E-state index contributed by atoms with van der Waals surface area (Å²) in [5.74, 6) is 0. The Kier molecular flexibility index (Phi) is 3.96. The molecule has 0 spiro atoms. The maximum Gasteiger partial charge on any atom is 0.117 e. The van der Waals surface area contributed by atoms with Crippen molar-refractivity contribution < 1.29 is 5.11 Å². The Morgan fingerprint density at radius 3 is 2.50 bits per heavy atom. The third-order valence-electron chi connectivity index (χ3n) is 3.61. The van der Waals surface area contributed by atoms with Gasteiger partial charge in [-0.3, -0.25) is 0 Å². The van der Waals surface area contributed by atoms with E-state index in [2.05, 4.69) is 10.3 Å². The van der Waals surface area contributed by atoms with Crippen molar-refractivity contribution in [2.45, 2.75) is 20.5 Å². The monoisotopic (exact) mass is 313 g/mol. The fourth-order valence-corrected chi connectivity index (χ4v) is 2.57. The minimum Gasteiger partial charge on any atom is -0.390 e. The summed E-state index contributed by atoms with van der Waals surface area (Å²) < 4.78 is 1.73. The summed E-state index contributed by atoms with van der Waals surface area (Å²) >= 11 is 6.12. The van der Waals surface area contributed by atoms with Crippen LogP contribution in [0.2, 0.25) is 5.02 Å². The van der Waals surface area contributed by atoms with Gasteiger partial charge in [0.1, 0.15) is 11.4 Å². The molecule has 1 aromatic heterocycles. The molecule has 0 bridgehead atoms. The fraction of sp³-hybridized carbons (Fsp3) is 0.176. The topological polar surface area (TPSA) is 50.9 Å². The van der Waals surface area contributed by atoms with Crippen LogP contribution in [0.4, 0.5) is 0 Å². The lowest BCUT2D eigenvalue weighted by atomic mass is 10.1. The first kappa shape index (κ1) is 14.8. The summed E-state index contributed by atoms with van der Waals surface area (Å²) in [6, 6.07) is 13.7. The van der Waals surface area contributed by atoms with Crippen LogP contribution in [0.25, 0.3) is 16.9 Å². The Morgan fingerprint density at radius 1 is 1.09 bits per heavy atom. The van der Waals surface area contributed by atoms with Gasteiger partial charge in [-0.15, -0.1) is 5.10 Å². The van der Waals surface area contributed by atoms with Crippen molar-refractivity contribution in [1.82, 2.24) is 15.0 Å². The maximum absolute atomic E-state index is 9.58. The zero-order valence-corrected chi connectivity index (χ0v) is 13.2. The van der Waals surface area contributed by atoms with Gasteiger partial charge in [-0.1, -0.05) is 52.7 Å². The summed E-state index contributed by atoms with van der Waals surface area (Å²) in [5, 5.41) is 18.5. The smallest absolute Gasteiger partial charge is 0.117 e. The summed E-state index contributed by atoms with van der Waals surface area (Å²) in [6.45, 7) is 3.86. The number of nitrogens with zero attached hydrogens (tertiary/aromatic N) is 3. The van der Waals surface area contributed by atoms with Crippen molar-refractivity contribution in [3.63, 3.8) is 0 Å². The average molecular weight is 314 g/mol. The van der Waals surface area contributed by atoms with E-state index in [1.165, 1.54) is 5.56 Å². The predicted octanol–water partition coefficient (Wildman–Crippen LogP) is 3.70. The van der Waals surface area contributed by atoms with E-state index < -0.39 is 0 Å². The van der Waals surface area contributed by atoms with Crippen molar-refractivity contribution in [3.8, 4) is 16.9 Å². The molecule has 22 heavy (non-hydrogen) atoms. The number of halogens is 1. The van der Waals surface area contributed by atoms with Gasteiger partial charge in [-0.05, 0) is 31.5 Å². The second-order valence-electron chi connectivity index (χ2n) is 5.25. The van der Waals surface area contributed by atoms with Crippen LogP contribution in [0.3, 0.4) is 0 Å². The lowest BCUT2D eigenvalue weighted by Crippen LogP contribution is -2.02. The molecule has 0 fully saturated rings. The van der Waals surface area contributed by atoms with Crippen molar-refractivity contribution >= 4 is 11.6 Å². The van der Waals surface area contributed by atoms with E-state index in [4.69, 9.17) is 11.6 Å². The Balaban J connectivity index is 2.23. The van der Waals surface area contributed by atoms with Crippen LogP contribution >= 0.6 is 11.6 Å². The molecule has 5 heteroatoms. The fourth-order valence-electron chi connectivity index (χ4n) is 2.40. The van der Waals surface area contributed by atoms with Gasteiger partial charge in [0.05, 0.1) is 12.3 Å². The van der Waals surface area contributed by atoms with E-state index in [0.29, 0.717) is 10.7 Å². The van der Waals surface area contributed by atoms with Crippen molar-refractivity contribution in [3.05, 3.63) is 64.3 Å². The van der Waals surface area contributed by atoms with Gasteiger partial charge < -0.3 is 5.11 Å². The molecular formula is C17H16ClN3O. The van der Waals surface area contributed by atoms with Crippen LogP contribution in [0.5, 0.6) is 0 Å². The number of hydrogen-bond donors (Lipinski definition) is 1. The molecule has 0 saturated heterocycles. The number of aryl methyl sites for hydroxylation is 2. The largest absolute Gasteiger partial charge is 0.390 e. The highest BCUT2D eigenvalue weighted by molar-refractivity contribution is 6.30. The van der Waals surface area contributed by atoms with Crippen LogP contribution in [0, 0.1) is 13.8 Å². The third-order valence-corrected chi connectivity index (χ3v) is 3.85. The molecule has 0 amide bonds. The van der Waals surface area contributed by atoms with Gasteiger partial charge in [0, 0.05) is 10.6 Å². The Labute approximate surface area is 134 Å². The Bertz CT molecular complexity index is 809. The van der Waals surface area contributed by atoms with Crippen molar-refractivity contribution in [2.24, 2.45) is 0 Å². The molecule has 1 N–H and O–H groups in total. The number of aliphatic hydroxyl groups excluding tert-OH is 1. The van der Waals surface area contributed by atoms with Crippen molar-refractivity contribution in [1.29, 1.82) is 0 Å². The first-order chi connectivity index (χ1) is 10.6.